The summed E-state index contributed by atoms with van der Waals surface area (Å²) in [5.74, 6) is -2.86. The molecular formula is C48H3F6N17O2. The van der Waals surface area contributed by atoms with Crippen molar-refractivity contribution in [3.8, 4) is 66.1 Å². The van der Waals surface area contributed by atoms with Gasteiger partial charge in [0.2, 0.25) is 11.4 Å². The van der Waals surface area contributed by atoms with Crippen LogP contribution in [-0.4, -0.2) is 12.7 Å². The van der Waals surface area contributed by atoms with Crippen LogP contribution in [0.3, 0.4) is 0 Å². The third kappa shape index (κ3) is 7.54. The van der Waals surface area contributed by atoms with E-state index in [1.54, 1.807) is 24.3 Å². The maximum absolute atomic E-state index is 13.7. The molecule has 19 nitrogen and oxygen atoms in total. The number of nitriles is 9. The third-order valence-electron chi connectivity index (χ3n) is 10.3. The van der Waals surface area contributed by atoms with Gasteiger partial charge in [-0.05, 0) is 34.8 Å². The molecule has 0 spiro atoms. The Hall–Kier alpha value is -13.1. The molecule has 0 heterocycles. The fraction of sp³-hybridized carbons (Fsp3) is 0.0625. The number of nitrogens with zero attached hydrogens (tertiary/aromatic N) is 17. The zero-order valence-corrected chi connectivity index (χ0v) is 35.2. The topological polar surface area (TPSA) is 267 Å². The van der Waals surface area contributed by atoms with Crippen molar-refractivity contribution in [3.05, 3.63) is 192 Å². The Balaban J connectivity index is 0.000000273. The van der Waals surface area contributed by atoms with Gasteiger partial charge in [-0.15, -0.1) is 26.3 Å². The number of hydrogen-bond acceptors (Lipinski definition) is 11. The number of alkyl halides is 6. The first-order chi connectivity index (χ1) is 34.7. The SMILES string of the molecule is [C-]#[N+]C1=C([N+]#[C-])c2c(C#N)c3c(c(C#N)c2/C1=C(\C#N)[N+]#[C-])C(C#N)=C(C#N)/C3=C(\C#N)[N+]#[C-].[C-]#[N+]C1=C([N+]#[C-])c2c(OC(F)(F)F)c3c(c(OC(F)(F)F)c2/C1=C(\C#N)[N+]#[C-])C(C#N)=C(C)/C3=C(\C#N)[N+]#[C-]. The summed E-state index contributed by atoms with van der Waals surface area (Å²) in [6, 6.07) is 14.7. The minimum Gasteiger partial charge on any atom is -0.406 e. The predicted molar refractivity (Wildman–Crippen MR) is 229 cm³/mol. The second-order valence-corrected chi connectivity index (χ2v) is 13.4. The lowest BCUT2D eigenvalue weighted by Gasteiger charge is -2.24. The normalized spacial score (nSPS) is 15.8. The Labute approximate surface area is 405 Å². The molecular weight excluding hydrogens is 961 g/mol. The van der Waals surface area contributed by atoms with Gasteiger partial charge < -0.3 is 9.47 Å². The van der Waals surface area contributed by atoms with Crippen LogP contribution >= 0.6 is 0 Å². The average Bonchev–Trinajstić information content (AvgIpc) is 4.07. The Bertz CT molecular complexity index is 3990. The largest absolute Gasteiger partial charge is 0.573 e. The molecule has 73 heavy (non-hydrogen) atoms. The van der Waals surface area contributed by atoms with Crippen LogP contribution in [0.2, 0.25) is 0 Å². The summed E-state index contributed by atoms with van der Waals surface area (Å²) >= 11 is 0. The summed E-state index contributed by atoms with van der Waals surface area (Å²) < 4.78 is 90.4. The molecule has 25 heteroatoms. The highest BCUT2D eigenvalue weighted by atomic mass is 19.4. The van der Waals surface area contributed by atoms with Gasteiger partial charge in [-0.3, -0.25) is 9.69 Å². The van der Waals surface area contributed by atoms with E-state index in [4.69, 9.17) is 52.6 Å². The summed E-state index contributed by atoms with van der Waals surface area (Å²) in [6.45, 7) is 60.2. The van der Waals surface area contributed by atoms with Gasteiger partial charge >= 0.3 is 12.7 Å². The van der Waals surface area contributed by atoms with Crippen LogP contribution in [0.15, 0.2) is 45.3 Å². The number of rotatable bonds is 2. The van der Waals surface area contributed by atoms with E-state index >= 15 is 0 Å². The van der Waals surface area contributed by atoms with Crippen LogP contribution in [0, 0.1) is 155 Å². The number of hydrogen-bond donors (Lipinski definition) is 0. The Morgan fingerprint density at radius 3 is 1.10 bits per heavy atom. The molecule has 0 amide bonds. The van der Waals surface area contributed by atoms with Crippen molar-refractivity contribution in [2.75, 3.05) is 0 Å². The molecule has 6 rings (SSSR count). The first-order valence-corrected chi connectivity index (χ1v) is 18.3. The molecule has 334 valence electrons. The quantitative estimate of drug-likeness (QED) is 0.155. The van der Waals surface area contributed by atoms with Crippen molar-refractivity contribution in [2.45, 2.75) is 19.6 Å². The van der Waals surface area contributed by atoms with Crippen LogP contribution in [0.4, 0.5) is 26.3 Å². The second-order valence-electron chi connectivity index (χ2n) is 13.4. The molecule has 0 N–H and O–H groups in total. The van der Waals surface area contributed by atoms with Crippen molar-refractivity contribution in [1.82, 2.24) is 0 Å². The molecule has 4 aliphatic carbocycles. The van der Waals surface area contributed by atoms with Crippen molar-refractivity contribution in [3.63, 3.8) is 0 Å². The van der Waals surface area contributed by atoms with Gasteiger partial charge in [-0.25, -0.2) is 50.1 Å². The molecule has 0 radical (unpaired) electrons. The Morgan fingerprint density at radius 1 is 0.384 bits per heavy atom. The molecule has 0 unspecified atom stereocenters. The van der Waals surface area contributed by atoms with E-state index in [0.29, 0.717) is 0 Å². The molecule has 4 aliphatic rings. The number of allylic oxidation sites excluding steroid dienone is 12. The highest BCUT2D eigenvalue weighted by Gasteiger charge is 2.49. The van der Waals surface area contributed by atoms with Gasteiger partial charge in [0, 0.05) is 44.5 Å². The van der Waals surface area contributed by atoms with E-state index in [9.17, 15) is 73.7 Å². The van der Waals surface area contributed by atoms with Crippen molar-refractivity contribution >= 4 is 44.8 Å². The lowest BCUT2D eigenvalue weighted by atomic mass is 9.84. The van der Waals surface area contributed by atoms with Gasteiger partial charge in [-0.1, -0.05) is 0 Å². The fourth-order valence-electron chi connectivity index (χ4n) is 7.97. The third-order valence-corrected chi connectivity index (χ3v) is 10.3. The summed E-state index contributed by atoms with van der Waals surface area (Å²) in [5.41, 5.74) is -16.2. The van der Waals surface area contributed by atoms with E-state index in [1.807, 2.05) is 12.1 Å². The summed E-state index contributed by atoms with van der Waals surface area (Å²) in [6.07, 6.45) is -11.2. The van der Waals surface area contributed by atoms with E-state index < -0.39 is 120 Å². The summed E-state index contributed by atoms with van der Waals surface area (Å²) in [7, 11) is 0. The highest BCUT2D eigenvalue weighted by Crippen LogP contribution is 2.62. The van der Waals surface area contributed by atoms with E-state index in [2.05, 4.69) is 48.2 Å². The fourth-order valence-corrected chi connectivity index (χ4v) is 7.97. The van der Waals surface area contributed by atoms with Gasteiger partial charge in [-0.2, -0.15) is 26.3 Å². The van der Waals surface area contributed by atoms with E-state index in [1.165, 1.54) is 18.2 Å². The first-order valence-electron chi connectivity index (χ1n) is 18.3. The maximum Gasteiger partial charge on any atom is 0.573 e. The molecule has 2 aromatic rings. The van der Waals surface area contributed by atoms with Crippen molar-refractivity contribution in [1.29, 1.82) is 47.4 Å². The zero-order valence-electron chi connectivity index (χ0n) is 35.2. The monoisotopic (exact) mass is 963 g/mol. The summed E-state index contributed by atoms with van der Waals surface area (Å²) in [5, 5.41) is 87.2. The van der Waals surface area contributed by atoms with Gasteiger partial charge in [0.15, 0.2) is 11.4 Å². The first kappa shape index (κ1) is 50.9. The lowest BCUT2D eigenvalue weighted by Crippen LogP contribution is -2.22. The molecule has 2 aromatic carbocycles. The number of ether oxygens (including phenoxy) is 2. The second kappa shape index (κ2) is 19.0. The highest BCUT2D eigenvalue weighted by molar-refractivity contribution is 6.18. The number of halogens is 6. The lowest BCUT2D eigenvalue weighted by molar-refractivity contribution is -0.277. The number of benzene rings is 2. The van der Waals surface area contributed by atoms with Crippen LogP contribution in [-0.2, 0) is 0 Å². The van der Waals surface area contributed by atoms with Crippen LogP contribution in [0.5, 0.6) is 11.5 Å². The molecule has 0 aliphatic heterocycles. The zero-order chi connectivity index (χ0) is 54.6. The van der Waals surface area contributed by atoms with E-state index in [0.717, 1.165) is 6.92 Å². The minimum atomic E-state index is -5.60. The smallest absolute Gasteiger partial charge is 0.406 e. The van der Waals surface area contributed by atoms with E-state index in [-0.39, 0.29) is 50.1 Å². The van der Waals surface area contributed by atoms with Crippen LogP contribution < -0.4 is 9.47 Å². The van der Waals surface area contributed by atoms with Crippen LogP contribution in [0.25, 0.3) is 83.6 Å². The maximum atomic E-state index is 13.7. The molecule has 0 atom stereocenters. The molecule has 0 aromatic heterocycles. The Kier molecular flexibility index (Phi) is 13.2. The minimum absolute atomic E-state index is 0.227. The molecule has 0 saturated heterocycles. The van der Waals surface area contributed by atoms with Crippen molar-refractivity contribution < 1.29 is 35.8 Å². The van der Waals surface area contributed by atoms with Gasteiger partial charge in [0.05, 0.1) is 117 Å². The van der Waals surface area contributed by atoms with Gasteiger partial charge in [0.25, 0.3) is 22.8 Å². The predicted octanol–water partition coefficient (Wildman–Crippen LogP) is 10.7. The van der Waals surface area contributed by atoms with Crippen molar-refractivity contribution in [2.24, 2.45) is 0 Å². The summed E-state index contributed by atoms with van der Waals surface area (Å²) in [4.78, 5) is 24.4. The molecule has 0 bridgehead atoms. The number of fused-ring (bicyclic) bond motifs is 4. The van der Waals surface area contributed by atoms with Crippen LogP contribution in [0.1, 0.15) is 62.6 Å². The van der Waals surface area contributed by atoms with Gasteiger partial charge in [0.1, 0.15) is 29.7 Å². The molecule has 0 fully saturated rings. The molecule has 0 saturated carbocycles. The standard InChI is InChI=1S/C24H3F6N7O2.C24N10/c1-9-10(6-31)14-16(13(9)11(7-32)34-2)22(39-24(28,29)30)18-17(21(14)38-23(25,26)27)15(12(8-33)35-3)19(36-4)20(18)37-5;1-31-15(9-29)18-12(6-26)11(5-25)17-13(7-27)20-21(14(8-28)19(17)18)23(33-3)24(34-4)22(20)16(10-30)32-2/h1H3;/b13-11-,15-12-;18-15-,22-16-. The average molecular weight is 964 g/mol. The Morgan fingerprint density at radius 2 is 0.726 bits per heavy atom.